The maximum absolute atomic E-state index is 12.9. The van der Waals surface area contributed by atoms with E-state index >= 15 is 0 Å². The van der Waals surface area contributed by atoms with Crippen LogP contribution in [0.5, 0.6) is 0 Å². The summed E-state index contributed by atoms with van der Waals surface area (Å²) in [6, 6.07) is 0. The fourth-order valence-corrected chi connectivity index (χ4v) is 11.2. The van der Waals surface area contributed by atoms with E-state index in [-0.39, 0.29) is 27.1 Å². The van der Waals surface area contributed by atoms with Gasteiger partial charge in [0.25, 0.3) is 0 Å². The third kappa shape index (κ3) is 2.86. The Bertz CT molecular complexity index is 872. The molecule has 0 radical (unpaired) electrons. The highest BCUT2D eigenvalue weighted by Crippen LogP contribution is 2.76. The number of rotatable bonds is 1. The Morgan fingerprint density at radius 2 is 1.42 bits per heavy atom. The van der Waals surface area contributed by atoms with E-state index in [0.29, 0.717) is 29.5 Å². The molecule has 3 nitrogen and oxygen atoms in total. The van der Waals surface area contributed by atoms with Gasteiger partial charge in [-0.05, 0) is 110 Å². The number of hydrogen-bond donors (Lipinski definition) is 1. The van der Waals surface area contributed by atoms with Crippen LogP contribution >= 0.6 is 0 Å². The SMILES string of the molecule is CC1(C)CC[C@]2(C(=O)O)CC[C@]3(C)[C@H](CC[C@@H]4[C@@]5(C)CCC(=O)C(C)(C)[C@@H]5CC[C@]43C)[C@@H]2C1. The van der Waals surface area contributed by atoms with E-state index in [0.717, 1.165) is 51.4 Å². The number of hydrogen-bond acceptors (Lipinski definition) is 2. The van der Waals surface area contributed by atoms with Gasteiger partial charge in [-0.25, -0.2) is 0 Å². The molecule has 0 aromatic heterocycles. The number of carboxylic acid groups (broad SMARTS) is 1. The van der Waals surface area contributed by atoms with E-state index < -0.39 is 11.4 Å². The molecule has 186 valence electrons. The Morgan fingerprint density at radius 1 is 0.758 bits per heavy atom. The molecule has 0 unspecified atom stereocenters. The molecule has 0 spiro atoms. The average molecular weight is 457 g/mol. The molecule has 8 atom stereocenters. The lowest BCUT2D eigenvalue weighted by Gasteiger charge is -2.73. The van der Waals surface area contributed by atoms with Crippen LogP contribution in [0.2, 0.25) is 0 Å². The van der Waals surface area contributed by atoms with Gasteiger partial charge in [0.1, 0.15) is 5.78 Å². The molecule has 1 N–H and O–H groups in total. The second-order valence-corrected chi connectivity index (χ2v) is 15.2. The molecule has 5 rings (SSSR count). The zero-order valence-corrected chi connectivity index (χ0v) is 22.4. The van der Waals surface area contributed by atoms with Crippen molar-refractivity contribution < 1.29 is 14.7 Å². The number of fused-ring (bicyclic) bond motifs is 7. The fourth-order valence-electron chi connectivity index (χ4n) is 11.2. The van der Waals surface area contributed by atoms with E-state index in [1.165, 1.54) is 19.3 Å². The summed E-state index contributed by atoms with van der Waals surface area (Å²) in [7, 11) is 0. The summed E-state index contributed by atoms with van der Waals surface area (Å²) in [5.41, 5.74) is 0.215. The Kier molecular flexibility index (Phi) is 4.97. The first-order chi connectivity index (χ1) is 15.1. The minimum absolute atomic E-state index is 0.201. The lowest BCUT2D eigenvalue weighted by Crippen LogP contribution is -2.67. The summed E-state index contributed by atoms with van der Waals surface area (Å²) in [4.78, 5) is 25.7. The van der Waals surface area contributed by atoms with E-state index in [2.05, 4.69) is 48.5 Å². The molecular formula is C30H48O3. The van der Waals surface area contributed by atoms with Gasteiger partial charge in [0, 0.05) is 11.8 Å². The molecule has 0 heterocycles. The van der Waals surface area contributed by atoms with Crippen LogP contribution in [0, 0.1) is 56.2 Å². The first-order valence-electron chi connectivity index (χ1n) is 13.9. The van der Waals surface area contributed by atoms with Crippen molar-refractivity contribution in [1.29, 1.82) is 0 Å². The summed E-state index contributed by atoms with van der Waals surface area (Å²) in [5, 5.41) is 10.5. The molecule has 5 saturated carbocycles. The number of ketones is 1. The fraction of sp³-hybridized carbons (Fsp3) is 0.933. The van der Waals surface area contributed by atoms with Gasteiger partial charge in [-0.1, -0.05) is 48.5 Å². The molecule has 0 saturated heterocycles. The van der Waals surface area contributed by atoms with Crippen molar-refractivity contribution in [2.45, 2.75) is 119 Å². The van der Waals surface area contributed by atoms with Gasteiger partial charge in [-0.2, -0.15) is 0 Å². The van der Waals surface area contributed by atoms with Gasteiger partial charge in [0.05, 0.1) is 5.41 Å². The van der Waals surface area contributed by atoms with Gasteiger partial charge >= 0.3 is 5.97 Å². The maximum atomic E-state index is 12.9. The number of carboxylic acids is 1. The lowest BCUT2D eigenvalue weighted by molar-refractivity contribution is -0.243. The van der Waals surface area contributed by atoms with Crippen LogP contribution in [-0.2, 0) is 9.59 Å². The largest absolute Gasteiger partial charge is 0.481 e. The molecule has 0 aromatic carbocycles. The highest BCUT2D eigenvalue weighted by molar-refractivity contribution is 5.85. The molecule has 5 aliphatic carbocycles. The first-order valence-corrected chi connectivity index (χ1v) is 13.9. The van der Waals surface area contributed by atoms with Gasteiger partial charge in [0.2, 0.25) is 0 Å². The van der Waals surface area contributed by atoms with Crippen molar-refractivity contribution in [1.82, 2.24) is 0 Å². The van der Waals surface area contributed by atoms with Crippen molar-refractivity contribution in [2.24, 2.45) is 56.2 Å². The predicted molar refractivity (Wildman–Crippen MR) is 132 cm³/mol. The van der Waals surface area contributed by atoms with Gasteiger partial charge in [-0.15, -0.1) is 0 Å². The van der Waals surface area contributed by atoms with E-state index in [1.807, 2.05) is 0 Å². The second kappa shape index (κ2) is 6.88. The monoisotopic (exact) mass is 456 g/mol. The molecule has 33 heavy (non-hydrogen) atoms. The molecule has 0 aromatic rings. The summed E-state index contributed by atoms with van der Waals surface area (Å²) in [6.45, 7) is 16.9. The van der Waals surface area contributed by atoms with Gasteiger partial charge in [0.15, 0.2) is 0 Å². The molecule has 3 heteroatoms. The number of aliphatic carboxylic acids is 1. The summed E-state index contributed by atoms with van der Waals surface area (Å²) >= 11 is 0. The molecule has 0 bridgehead atoms. The van der Waals surface area contributed by atoms with Crippen LogP contribution in [0.4, 0.5) is 0 Å². The van der Waals surface area contributed by atoms with Crippen molar-refractivity contribution in [3.8, 4) is 0 Å². The topological polar surface area (TPSA) is 54.4 Å². The van der Waals surface area contributed by atoms with Crippen LogP contribution in [0.25, 0.3) is 0 Å². The minimum atomic E-state index is -0.513. The third-order valence-corrected chi connectivity index (χ3v) is 13.4. The number of Topliss-reactive ketones (excluding diaryl/α,β-unsaturated/α-hetero) is 1. The van der Waals surface area contributed by atoms with Crippen LogP contribution in [0.3, 0.4) is 0 Å². The highest BCUT2D eigenvalue weighted by Gasteiger charge is 2.71. The first kappa shape index (κ1) is 23.9. The molecular weight excluding hydrogens is 408 g/mol. The van der Waals surface area contributed by atoms with Crippen LogP contribution < -0.4 is 0 Å². The summed E-state index contributed by atoms with van der Waals surface area (Å²) < 4.78 is 0. The quantitative estimate of drug-likeness (QED) is 0.444. The van der Waals surface area contributed by atoms with Crippen molar-refractivity contribution >= 4 is 11.8 Å². The van der Waals surface area contributed by atoms with Gasteiger partial charge < -0.3 is 5.11 Å². The molecule has 0 amide bonds. The molecule has 0 aliphatic heterocycles. The highest BCUT2D eigenvalue weighted by atomic mass is 16.4. The van der Waals surface area contributed by atoms with Gasteiger partial charge in [-0.3, -0.25) is 9.59 Å². The lowest BCUT2D eigenvalue weighted by atomic mass is 9.31. The number of carbonyl (C=O) groups excluding carboxylic acids is 1. The van der Waals surface area contributed by atoms with E-state index in [9.17, 15) is 14.7 Å². The average Bonchev–Trinajstić information content (AvgIpc) is 2.71. The zero-order chi connectivity index (χ0) is 24.2. The van der Waals surface area contributed by atoms with E-state index in [4.69, 9.17) is 0 Å². The zero-order valence-electron chi connectivity index (χ0n) is 22.4. The summed E-state index contributed by atoms with van der Waals surface area (Å²) in [6.07, 6.45) is 11.5. The van der Waals surface area contributed by atoms with Crippen molar-refractivity contribution in [2.75, 3.05) is 0 Å². The Morgan fingerprint density at radius 3 is 2.09 bits per heavy atom. The maximum Gasteiger partial charge on any atom is 0.309 e. The van der Waals surface area contributed by atoms with E-state index in [1.54, 1.807) is 0 Å². The Balaban J connectivity index is 1.55. The standard InChI is InChI=1S/C30H48O3/c1-25(2)14-16-30(24(32)33)17-15-28(6)19(20(30)18-25)8-9-22-27(5)12-11-23(31)26(3,4)21(27)10-13-29(22,28)7/h19-22H,8-18H2,1-7H3,(H,32,33)/t19-,20+,21+,22-,27+,28-,29-,30+/m1/s1. The minimum Gasteiger partial charge on any atom is -0.481 e. The predicted octanol–water partition coefficient (Wildman–Crippen LogP) is 7.52. The molecule has 5 fully saturated rings. The van der Waals surface area contributed by atoms with Crippen LogP contribution in [0.15, 0.2) is 0 Å². The van der Waals surface area contributed by atoms with Crippen LogP contribution in [0.1, 0.15) is 119 Å². The number of carbonyl (C=O) groups is 2. The molecule has 5 aliphatic rings. The Labute approximate surface area is 201 Å². The second-order valence-electron chi connectivity index (χ2n) is 15.2. The summed E-state index contributed by atoms with van der Waals surface area (Å²) in [5.74, 6) is 1.92. The smallest absolute Gasteiger partial charge is 0.309 e. The van der Waals surface area contributed by atoms with Crippen LogP contribution in [-0.4, -0.2) is 16.9 Å². The third-order valence-electron chi connectivity index (χ3n) is 13.4. The van der Waals surface area contributed by atoms with Crippen molar-refractivity contribution in [3.05, 3.63) is 0 Å². The Hall–Kier alpha value is -0.860. The van der Waals surface area contributed by atoms with Crippen molar-refractivity contribution in [3.63, 3.8) is 0 Å². The normalized spacial score (nSPS) is 52.6.